The maximum absolute atomic E-state index is 10.2. The summed E-state index contributed by atoms with van der Waals surface area (Å²) in [6, 6.07) is 0. The third-order valence-electron chi connectivity index (χ3n) is 0.0476. The van der Waals surface area contributed by atoms with E-state index in [0.29, 0.717) is 0 Å². The van der Waals surface area contributed by atoms with E-state index in [4.69, 9.17) is 0 Å². The van der Waals surface area contributed by atoms with Gasteiger partial charge in [0, 0.05) is 0 Å². The van der Waals surface area contributed by atoms with Gasteiger partial charge in [0.1, 0.15) is 12.7 Å². The van der Waals surface area contributed by atoms with Crippen molar-refractivity contribution in [3.63, 3.8) is 0 Å². The molecule has 0 atom stereocenters. The molecule has 0 aromatic rings. The molecule has 0 saturated heterocycles. The average Bonchev–Trinajstić information content (AvgIpc) is 1.65. The van der Waals surface area contributed by atoms with Gasteiger partial charge in [-0.3, -0.25) is 0 Å². The van der Waals surface area contributed by atoms with Crippen LogP contribution in [0.4, 0.5) is 17.6 Å². The van der Waals surface area contributed by atoms with Crippen molar-refractivity contribution in [3.05, 3.63) is 25.3 Å². The predicted octanol–water partition coefficient (Wildman–Crippen LogP) is 2.79. The van der Waals surface area contributed by atoms with Gasteiger partial charge in [0.15, 0.2) is 0 Å². The molecule has 0 spiro atoms. The Labute approximate surface area is 44.1 Å². The van der Waals surface area contributed by atoms with Gasteiger partial charge in [-0.2, -0.15) is 8.78 Å². The molecule has 0 N–H and O–H groups in total. The summed E-state index contributed by atoms with van der Waals surface area (Å²) in [6.45, 7) is 2.22. The van der Waals surface area contributed by atoms with Gasteiger partial charge in [0.2, 0.25) is 0 Å². The molecule has 0 aromatic carbocycles. The third-order valence-corrected chi connectivity index (χ3v) is 0.0476. The largest absolute Gasteiger partial charge is 0.263 e. The molecule has 4 heteroatoms. The zero-order chi connectivity index (χ0) is 6.99. The molecular weight excluding hydrogens is 124 g/mol. The minimum absolute atomic E-state index is 0.167. The lowest BCUT2D eigenvalue weighted by Gasteiger charge is -1.54. The van der Waals surface area contributed by atoms with Crippen molar-refractivity contribution < 1.29 is 17.6 Å². The molecule has 0 aromatic heterocycles. The van der Waals surface area contributed by atoms with Crippen LogP contribution in [0.2, 0.25) is 0 Å². The zero-order valence-electron chi connectivity index (χ0n) is 3.87. The van der Waals surface area contributed by atoms with Crippen LogP contribution in [0, 0.1) is 0 Å². The van der Waals surface area contributed by atoms with E-state index in [9.17, 15) is 17.6 Å². The highest BCUT2D eigenvalue weighted by molar-refractivity contribution is 4.57. The Morgan fingerprint density at radius 1 is 1.12 bits per heavy atom. The van der Waals surface area contributed by atoms with E-state index in [0.717, 1.165) is 0 Å². The highest BCUT2D eigenvalue weighted by Crippen LogP contribution is 1.85. The van der Waals surface area contributed by atoms with Gasteiger partial charge in [0.25, 0.3) is 6.08 Å². The van der Waals surface area contributed by atoms with Crippen molar-refractivity contribution in [1.29, 1.82) is 0 Å². The van der Waals surface area contributed by atoms with Crippen molar-refractivity contribution in [2.75, 3.05) is 0 Å². The van der Waals surface area contributed by atoms with Crippen LogP contribution in [0.25, 0.3) is 0 Å². The van der Waals surface area contributed by atoms with E-state index in [-0.39, 0.29) is 12.7 Å². The fourth-order valence-corrected chi connectivity index (χ4v) is 0. The van der Waals surface area contributed by atoms with Crippen LogP contribution in [-0.4, -0.2) is 0 Å². The van der Waals surface area contributed by atoms with E-state index in [1.807, 2.05) is 0 Å². The number of halogens is 4. The van der Waals surface area contributed by atoms with E-state index in [2.05, 4.69) is 6.58 Å². The molecule has 48 valence electrons. The third kappa shape index (κ3) is 2290. The Morgan fingerprint density at radius 3 is 1.25 bits per heavy atom. The molecule has 0 amide bonds. The summed E-state index contributed by atoms with van der Waals surface area (Å²) >= 11 is 0. The zero-order valence-corrected chi connectivity index (χ0v) is 3.87. The minimum Gasteiger partial charge on any atom is -0.213 e. The number of hydrogen-bond acceptors (Lipinski definition) is 0. The van der Waals surface area contributed by atoms with Gasteiger partial charge in [-0.1, -0.05) is 0 Å². The van der Waals surface area contributed by atoms with Crippen molar-refractivity contribution in [1.82, 2.24) is 0 Å². The van der Waals surface area contributed by atoms with Crippen molar-refractivity contribution in [2.24, 2.45) is 0 Å². The molecule has 0 aliphatic heterocycles. The van der Waals surface area contributed by atoms with Gasteiger partial charge in [-0.15, -0.1) is 0 Å². The lowest BCUT2D eigenvalue weighted by molar-refractivity contribution is 0.426. The Kier molecular flexibility index (Phi) is 12.2. The van der Waals surface area contributed by atoms with Crippen molar-refractivity contribution >= 4 is 0 Å². The van der Waals surface area contributed by atoms with Crippen LogP contribution in [0.1, 0.15) is 0 Å². The first-order chi connectivity index (χ1) is 3.65. The van der Waals surface area contributed by atoms with Gasteiger partial charge in [-0.05, 0) is 6.58 Å². The molecule has 0 aliphatic rings. The topological polar surface area (TPSA) is 0 Å². The summed E-state index contributed by atoms with van der Waals surface area (Å²) in [7, 11) is 0. The molecule has 0 rings (SSSR count). The monoisotopic (exact) mass is 128 g/mol. The van der Waals surface area contributed by atoms with Crippen LogP contribution in [0.3, 0.4) is 0 Å². The summed E-state index contributed by atoms with van der Waals surface area (Å²) in [5.41, 5.74) is 0. The van der Waals surface area contributed by atoms with Gasteiger partial charge in [-0.25, -0.2) is 8.78 Å². The Morgan fingerprint density at radius 2 is 1.25 bits per heavy atom. The maximum atomic E-state index is 10.2. The maximum Gasteiger partial charge on any atom is 0.263 e. The van der Waals surface area contributed by atoms with Crippen LogP contribution in [0.15, 0.2) is 25.3 Å². The van der Waals surface area contributed by atoms with E-state index < -0.39 is 6.08 Å². The molecule has 0 nitrogen and oxygen atoms in total. The van der Waals surface area contributed by atoms with Crippen LogP contribution in [-0.2, 0) is 0 Å². The van der Waals surface area contributed by atoms with E-state index in [1.165, 1.54) is 0 Å². The van der Waals surface area contributed by atoms with Gasteiger partial charge >= 0.3 is 0 Å². The van der Waals surface area contributed by atoms with Crippen LogP contribution in [0.5, 0.6) is 0 Å². The second-order valence-electron chi connectivity index (χ2n) is 0.591. The van der Waals surface area contributed by atoms with E-state index in [1.54, 1.807) is 0 Å². The lowest BCUT2D eigenvalue weighted by Crippen LogP contribution is -1.33. The van der Waals surface area contributed by atoms with E-state index >= 15 is 0 Å². The molecule has 0 unspecified atom stereocenters. The second kappa shape index (κ2) is 9.50. The Balaban J connectivity index is 0. The summed E-state index contributed by atoms with van der Waals surface area (Å²) in [6.07, 6.45) is -2.17. The molecule has 0 radical (unpaired) electrons. The molecule has 0 fully saturated rings. The SMILES string of the molecule is C=C(F)F.FC=CF. The summed E-state index contributed by atoms with van der Waals surface area (Å²) < 4.78 is 40.6. The Bertz CT molecular complexity index is 68.1. The quantitative estimate of drug-likeness (QED) is 0.440. The smallest absolute Gasteiger partial charge is 0.213 e. The predicted molar refractivity (Wildman–Crippen MR) is 22.7 cm³/mol. The van der Waals surface area contributed by atoms with Crippen molar-refractivity contribution in [3.8, 4) is 0 Å². The highest BCUT2D eigenvalue weighted by atomic mass is 19.3. The standard InChI is InChI=1S/2C2H2F2/c1-2(3)4;3-1-2-4/h1H2;1-2H. The highest BCUT2D eigenvalue weighted by Gasteiger charge is 1.65. The average molecular weight is 128 g/mol. The molecule has 0 bridgehead atoms. The summed E-state index contributed by atoms with van der Waals surface area (Å²) in [5.74, 6) is 0. The van der Waals surface area contributed by atoms with Crippen LogP contribution < -0.4 is 0 Å². The van der Waals surface area contributed by atoms with Gasteiger partial charge < -0.3 is 0 Å². The Hall–Kier alpha value is -0.800. The summed E-state index contributed by atoms with van der Waals surface area (Å²) in [5, 5.41) is 0. The van der Waals surface area contributed by atoms with Gasteiger partial charge in [0.05, 0.1) is 0 Å². The minimum atomic E-state index is -1.83. The molecule has 0 aliphatic carbocycles. The molecule has 0 saturated carbocycles. The van der Waals surface area contributed by atoms with Crippen molar-refractivity contribution in [2.45, 2.75) is 0 Å². The summed E-state index contributed by atoms with van der Waals surface area (Å²) in [4.78, 5) is 0. The first-order valence-corrected chi connectivity index (χ1v) is 1.50. The molecular formula is C4H4F4. The number of rotatable bonds is 0. The first kappa shape index (κ1) is 10.2. The fourth-order valence-electron chi connectivity index (χ4n) is 0. The molecule has 8 heavy (non-hydrogen) atoms. The lowest BCUT2D eigenvalue weighted by atomic mass is 11.2. The fraction of sp³-hybridized carbons (Fsp3) is 0. The molecule has 0 heterocycles. The van der Waals surface area contributed by atoms with Crippen LogP contribution >= 0.6 is 0 Å². The normalized spacial score (nSPS) is 8.00. The number of hydrogen-bond donors (Lipinski definition) is 0. The first-order valence-electron chi connectivity index (χ1n) is 1.50. The second-order valence-corrected chi connectivity index (χ2v) is 0.591.